The Bertz CT molecular complexity index is 493. The van der Waals surface area contributed by atoms with Crippen molar-refractivity contribution in [2.75, 3.05) is 6.61 Å². The maximum Gasteiger partial charge on any atom is 0.345 e. The minimum Gasteiger partial charge on any atom is -0.462 e. The van der Waals surface area contributed by atoms with Crippen LogP contribution < -0.4 is 0 Å². The van der Waals surface area contributed by atoms with E-state index < -0.39 is 40.2 Å². The summed E-state index contributed by atoms with van der Waals surface area (Å²) in [6, 6.07) is 0.448. The minimum absolute atomic E-state index is 0.135. The van der Waals surface area contributed by atoms with E-state index in [1.165, 1.54) is 6.92 Å². The second kappa shape index (κ2) is 5.43. The van der Waals surface area contributed by atoms with Gasteiger partial charge in [-0.1, -0.05) is 0 Å². The number of ether oxygens (including phenoxy) is 1. The molecule has 0 atom stereocenters. The summed E-state index contributed by atoms with van der Waals surface area (Å²) in [7, 11) is 0. The average molecular weight is 264 g/mol. The molecule has 0 bridgehead atoms. The Balaban J connectivity index is 3.42. The predicted molar refractivity (Wildman–Crippen MR) is 51.8 cm³/mol. The van der Waals surface area contributed by atoms with Crippen LogP contribution >= 0.6 is 0 Å². The first kappa shape index (κ1) is 13.9. The highest BCUT2D eigenvalue weighted by atomic mass is 19.3. The van der Waals surface area contributed by atoms with E-state index in [1.807, 2.05) is 0 Å². The highest BCUT2D eigenvalue weighted by molar-refractivity contribution is 5.93. The third-order valence-electron chi connectivity index (χ3n) is 1.87. The predicted octanol–water partition coefficient (Wildman–Crippen LogP) is 2.24. The van der Waals surface area contributed by atoms with Gasteiger partial charge in [0.05, 0.1) is 11.5 Å². The lowest BCUT2D eigenvalue weighted by molar-refractivity contribution is -0.388. The lowest BCUT2D eigenvalue weighted by atomic mass is 10.2. The molecule has 18 heavy (non-hydrogen) atoms. The summed E-state index contributed by atoms with van der Waals surface area (Å²) in [5.74, 6) is -3.01. The topological polar surface area (TPSA) is 82.3 Å². The second-order valence-corrected chi connectivity index (χ2v) is 3.01. The number of carbonyl (C=O) groups excluding carboxylic acids is 1. The van der Waals surface area contributed by atoms with Gasteiger partial charge in [-0.05, 0) is 13.0 Å². The summed E-state index contributed by atoms with van der Waals surface area (Å²) < 4.78 is 42.4. The Hall–Kier alpha value is -2.19. The normalized spacial score (nSPS) is 10.5. The van der Waals surface area contributed by atoms with Crippen molar-refractivity contribution in [3.05, 3.63) is 33.4 Å². The van der Waals surface area contributed by atoms with E-state index in [1.54, 1.807) is 0 Å². The van der Waals surface area contributed by atoms with Crippen molar-refractivity contribution in [2.45, 2.75) is 13.3 Å². The molecular weight excluding hydrogens is 257 g/mol. The second-order valence-electron chi connectivity index (χ2n) is 3.01. The molecule has 0 fully saturated rings. The third kappa shape index (κ3) is 2.73. The van der Waals surface area contributed by atoms with Crippen LogP contribution in [0.2, 0.25) is 0 Å². The van der Waals surface area contributed by atoms with Crippen LogP contribution in [0.15, 0.2) is 6.07 Å². The molecule has 0 amide bonds. The Labute approximate surface area is 98.5 Å². The fraction of sp³-hybridized carbons (Fsp3) is 0.333. The van der Waals surface area contributed by atoms with E-state index in [0.29, 0.717) is 6.07 Å². The molecule has 1 heterocycles. The largest absolute Gasteiger partial charge is 0.462 e. The molecule has 1 aromatic heterocycles. The van der Waals surface area contributed by atoms with Crippen LogP contribution in [-0.2, 0) is 4.74 Å². The van der Waals surface area contributed by atoms with Crippen molar-refractivity contribution in [3.63, 3.8) is 0 Å². The summed E-state index contributed by atoms with van der Waals surface area (Å²) in [6.45, 7) is 1.28. The van der Waals surface area contributed by atoms with Crippen molar-refractivity contribution in [3.8, 4) is 0 Å². The van der Waals surface area contributed by atoms with Crippen molar-refractivity contribution >= 4 is 11.7 Å². The zero-order valence-corrected chi connectivity index (χ0v) is 9.02. The number of nitro groups is 1. The van der Waals surface area contributed by atoms with E-state index in [4.69, 9.17) is 0 Å². The van der Waals surface area contributed by atoms with Crippen LogP contribution in [-0.4, -0.2) is 22.5 Å². The minimum atomic E-state index is -3.16. The molecule has 1 aromatic rings. The number of esters is 1. The number of alkyl halides is 2. The van der Waals surface area contributed by atoms with E-state index in [9.17, 15) is 28.1 Å². The molecule has 0 aliphatic heterocycles. The van der Waals surface area contributed by atoms with Crippen molar-refractivity contribution in [1.29, 1.82) is 0 Å². The summed E-state index contributed by atoms with van der Waals surface area (Å²) >= 11 is 0. The fourth-order valence-electron chi connectivity index (χ4n) is 1.18. The molecule has 0 saturated heterocycles. The van der Waals surface area contributed by atoms with Gasteiger partial charge in [0.25, 0.3) is 12.4 Å². The number of halogens is 3. The fourth-order valence-corrected chi connectivity index (χ4v) is 1.18. The number of pyridine rings is 1. The molecule has 98 valence electrons. The number of rotatable bonds is 4. The number of aromatic nitrogens is 1. The lowest BCUT2D eigenvalue weighted by Gasteiger charge is -2.05. The summed E-state index contributed by atoms with van der Waals surface area (Å²) in [5.41, 5.74) is -3.23. The van der Waals surface area contributed by atoms with E-state index >= 15 is 0 Å². The van der Waals surface area contributed by atoms with E-state index in [0.717, 1.165) is 0 Å². The molecule has 0 N–H and O–H groups in total. The molecule has 0 aliphatic carbocycles. The quantitative estimate of drug-likeness (QED) is 0.360. The first-order valence-electron chi connectivity index (χ1n) is 4.68. The van der Waals surface area contributed by atoms with Crippen molar-refractivity contribution in [2.24, 2.45) is 0 Å². The number of nitrogens with zero attached hydrogens (tertiary/aromatic N) is 2. The highest BCUT2D eigenvalue weighted by Gasteiger charge is 2.30. The zero-order chi connectivity index (χ0) is 13.9. The first-order valence-corrected chi connectivity index (χ1v) is 4.68. The standard InChI is InChI=1S/C9H7F3N2O4/c1-2-18-9(15)4-3-5(7(10)11)13-8(12)6(4)14(16)17/h3,7H,2H2,1H3. The van der Waals surface area contributed by atoms with Crippen LogP contribution in [0.25, 0.3) is 0 Å². The van der Waals surface area contributed by atoms with Crippen molar-refractivity contribution in [1.82, 2.24) is 4.98 Å². The van der Waals surface area contributed by atoms with Gasteiger partial charge in [0.2, 0.25) is 0 Å². The smallest absolute Gasteiger partial charge is 0.345 e. The highest BCUT2D eigenvalue weighted by Crippen LogP contribution is 2.27. The Morgan fingerprint density at radius 1 is 1.61 bits per heavy atom. The maximum atomic E-state index is 13.2. The van der Waals surface area contributed by atoms with Crippen LogP contribution in [0.5, 0.6) is 0 Å². The number of hydrogen-bond donors (Lipinski definition) is 0. The molecule has 0 aliphatic rings. The summed E-state index contributed by atoms with van der Waals surface area (Å²) in [4.78, 5) is 23.4. The number of hydrogen-bond acceptors (Lipinski definition) is 5. The third-order valence-corrected chi connectivity index (χ3v) is 1.87. The summed E-state index contributed by atoms with van der Waals surface area (Å²) in [6.07, 6.45) is -3.16. The van der Waals surface area contributed by atoms with Gasteiger partial charge in [0.15, 0.2) is 0 Å². The number of carbonyl (C=O) groups is 1. The SMILES string of the molecule is CCOC(=O)c1cc(C(F)F)nc(F)c1[N+](=O)[O-]. The van der Waals surface area contributed by atoms with Crippen LogP contribution in [0.4, 0.5) is 18.9 Å². The van der Waals surface area contributed by atoms with Gasteiger partial charge < -0.3 is 4.74 Å². The monoisotopic (exact) mass is 264 g/mol. The van der Waals surface area contributed by atoms with Gasteiger partial charge in [-0.3, -0.25) is 10.1 Å². The van der Waals surface area contributed by atoms with Gasteiger partial charge >= 0.3 is 11.7 Å². The van der Waals surface area contributed by atoms with Crippen LogP contribution in [0, 0.1) is 16.1 Å². The molecule has 0 aromatic carbocycles. The Kier molecular flexibility index (Phi) is 4.18. The molecule has 0 spiro atoms. The first-order chi connectivity index (χ1) is 8.38. The van der Waals surface area contributed by atoms with Gasteiger partial charge in [-0.25, -0.2) is 18.6 Å². The van der Waals surface area contributed by atoms with E-state index in [-0.39, 0.29) is 6.61 Å². The Morgan fingerprint density at radius 2 is 2.22 bits per heavy atom. The van der Waals surface area contributed by atoms with Gasteiger partial charge in [-0.2, -0.15) is 4.39 Å². The molecule has 9 heteroatoms. The van der Waals surface area contributed by atoms with Crippen LogP contribution in [0.1, 0.15) is 29.4 Å². The molecule has 0 saturated carbocycles. The lowest BCUT2D eigenvalue weighted by Crippen LogP contribution is -2.12. The molecule has 0 radical (unpaired) electrons. The van der Waals surface area contributed by atoms with Crippen molar-refractivity contribution < 1.29 is 27.6 Å². The summed E-state index contributed by atoms with van der Waals surface area (Å²) in [5, 5.41) is 10.6. The average Bonchev–Trinajstić information content (AvgIpc) is 2.27. The maximum absolute atomic E-state index is 13.2. The Morgan fingerprint density at radius 3 is 2.67 bits per heavy atom. The molecular formula is C9H7F3N2O4. The molecule has 6 nitrogen and oxygen atoms in total. The van der Waals surface area contributed by atoms with Gasteiger partial charge in [0, 0.05) is 0 Å². The molecule has 0 unspecified atom stereocenters. The van der Waals surface area contributed by atoms with Gasteiger partial charge in [-0.15, -0.1) is 0 Å². The van der Waals surface area contributed by atoms with Gasteiger partial charge in [0.1, 0.15) is 11.3 Å². The van der Waals surface area contributed by atoms with E-state index in [2.05, 4.69) is 9.72 Å². The zero-order valence-electron chi connectivity index (χ0n) is 9.02. The van der Waals surface area contributed by atoms with Crippen LogP contribution in [0.3, 0.4) is 0 Å². The molecule has 1 rings (SSSR count).